The van der Waals surface area contributed by atoms with Crippen LogP contribution < -0.4 is 9.47 Å². The maximum absolute atomic E-state index is 15.1. The lowest BCUT2D eigenvalue weighted by Crippen LogP contribution is -2.16. The summed E-state index contributed by atoms with van der Waals surface area (Å²) in [6.07, 6.45) is 8.29. The third-order valence-electron chi connectivity index (χ3n) is 7.96. The Labute approximate surface area is 243 Å². The van der Waals surface area contributed by atoms with Crippen molar-refractivity contribution in [1.29, 1.82) is 0 Å². The van der Waals surface area contributed by atoms with E-state index in [-0.39, 0.29) is 35.3 Å². The first-order chi connectivity index (χ1) is 20.3. The molecule has 8 heteroatoms. The van der Waals surface area contributed by atoms with E-state index in [2.05, 4.69) is 0 Å². The normalized spacial score (nSPS) is 17.1. The smallest absolute Gasteiger partial charge is 0.201 e. The molecule has 1 fully saturated rings. The lowest BCUT2D eigenvalue weighted by atomic mass is 9.75. The number of unbranched alkanes of at least 4 members (excludes halogenated alkanes) is 1. The fraction of sp³-hybridized carbons (Fsp3) is 0.412. The van der Waals surface area contributed by atoms with Gasteiger partial charge in [-0.3, -0.25) is 0 Å². The summed E-state index contributed by atoms with van der Waals surface area (Å²) in [6, 6.07) is 8.55. The van der Waals surface area contributed by atoms with Gasteiger partial charge in [0, 0.05) is 5.56 Å². The topological polar surface area (TPSA) is 18.5 Å². The summed E-state index contributed by atoms with van der Waals surface area (Å²) in [6.45, 7) is 3.56. The molecule has 0 heterocycles. The number of allylic oxidation sites excluding steroid dienone is 2. The molecule has 1 aliphatic carbocycles. The van der Waals surface area contributed by atoms with Crippen LogP contribution in [0.4, 0.5) is 26.3 Å². The zero-order valence-corrected chi connectivity index (χ0v) is 23.9. The van der Waals surface area contributed by atoms with E-state index in [1.807, 2.05) is 26.0 Å². The highest BCUT2D eigenvalue weighted by atomic mass is 19.2. The lowest BCUT2D eigenvalue weighted by Gasteiger charge is -2.30. The first-order valence-corrected chi connectivity index (χ1v) is 14.5. The first-order valence-electron chi connectivity index (χ1n) is 14.5. The molecular formula is C34H36F6O2. The SMILES string of the molecule is CC=CCCc1ccc(C2CCC(c3ccc(OCc4ccc(OCCCC)c(F)c4F)c(F)c3F)CC2)c(F)c1F. The molecule has 1 saturated carbocycles. The molecule has 0 radical (unpaired) electrons. The number of hydrogen-bond acceptors (Lipinski definition) is 2. The van der Waals surface area contributed by atoms with Gasteiger partial charge in [-0.05, 0) is 98.6 Å². The number of halogens is 6. The van der Waals surface area contributed by atoms with Crippen molar-refractivity contribution < 1.29 is 35.8 Å². The molecule has 226 valence electrons. The van der Waals surface area contributed by atoms with Crippen LogP contribution >= 0.6 is 0 Å². The number of aryl methyl sites for hydroxylation is 1. The van der Waals surface area contributed by atoms with Crippen molar-refractivity contribution in [1.82, 2.24) is 0 Å². The van der Waals surface area contributed by atoms with Crippen LogP contribution in [0.1, 0.15) is 92.9 Å². The molecule has 0 unspecified atom stereocenters. The van der Waals surface area contributed by atoms with E-state index in [0.29, 0.717) is 56.1 Å². The summed E-state index contributed by atoms with van der Waals surface area (Å²) in [4.78, 5) is 0. The maximum Gasteiger partial charge on any atom is 0.201 e. The quantitative estimate of drug-likeness (QED) is 0.119. The second-order valence-electron chi connectivity index (χ2n) is 10.7. The molecule has 3 aromatic carbocycles. The van der Waals surface area contributed by atoms with E-state index >= 15 is 4.39 Å². The highest BCUT2D eigenvalue weighted by Crippen LogP contribution is 2.43. The van der Waals surface area contributed by atoms with E-state index in [0.717, 1.165) is 6.42 Å². The summed E-state index contributed by atoms with van der Waals surface area (Å²) in [5, 5.41) is 0. The predicted molar refractivity (Wildman–Crippen MR) is 151 cm³/mol. The Balaban J connectivity index is 1.38. The van der Waals surface area contributed by atoms with Gasteiger partial charge in [-0.15, -0.1) is 0 Å². The van der Waals surface area contributed by atoms with Gasteiger partial charge in [0.05, 0.1) is 6.61 Å². The minimum Gasteiger partial charge on any atom is -0.490 e. The Morgan fingerprint density at radius 2 is 1.19 bits per heavy atom. The largest absolute Gasteiger partial charge is 0.490 e. The highest BCUT2D eigenvalue weighted by Gasteiger charge is 2.30. The van der Waals surface area contributed by atoms with Crippen LogP contribution in [0.3, 0.4) is 0 Å². The molecule has 0 bridgehead atoms. The van der Waals surface area contributed by atoms with Crippen LogP contribution in [-0.4, -0.2) is 6.61 Å². The molecule has 0 spiro atoms. The molecule has 1 aliphatic rings. The minimum absolute atomic E-state index is 0.160. The van der Waals surface area contributed by atoms with Gasteiger partial charge in [-0.1, -0.05) is 43.7 Å². The lowest BCUT2D eigenvalue weighted by molar-refractivity contribution is 0.269. The van der Waals surface area contributed by atoms with Crippen molar-refractivity contribution in [2.45, 2.75) is 83.7 Å². The van der Waals surface area contributed by atoms with Gasteiger partial charge in [-0.2, -0.15) is 8.78 Å². The zero-order chi connectivity index (χ0) is 30.2. The first kappa shape index (κ1) is 31.5. The molecule has 4 rings (SSSR count). The van der Waals surface area contributed by atoms with Crippen molar-refractivity contribution in [3.8, 4) is 11.5 Å². The molecule has 2 nitrogen and oxygen atoms in total. The second kappa shape index (κ2) is 14.7. The Morgan fingerprint density at radius 3 is 1.83 bits per heavy atom. The fourth-order valence-electron chi connectivity index (χ4n) is 5.48. The zero-order valence-electron chi connectivity index (χ0n) is 23.9. The second-order valence-corrected chi connectivity index (χ2v) is 10.7. The van der Waals surface area contributed by atoms with Crippen LogP contribution in [0, 0.1) is 34.9 Å². The molecule has 0 saturated heterocycles. The third kappa shape index (κ3) is 7.13. The fourth-order valence-corrected chi connectivity index (χ4v) is 5.48. The minimum atomic E-state index is -1.21. The summed E-state index contributed by atoms with van der Waals surface area (Å²) in [5.41, 5.74) is 0.673. The average Bonchev–Trinajstić information content (AvgIpc) is 2.99. The van der Waals surface area contributed by atoms with Crippen LogP contribution in [0.25, 0.3) is 0 Å². The molecule has 0 amide bonds. The summed E-state index contributed by atoms with van der Waals surface area (Å²) < 4.78 is 99.0. The summed E-state index contributed by atoms with van der Waals surface area (Å²) in [5.74, 6) is -7.40. The van der Waals surface area contributed by atoms with Crippen molar-refractivity contribution in [3.63, 3.8) is 0 Å². The van der Waals surface area contributed by atoms with E-state index in [4.69, 9.17) is 9.47 Å². The van der Waals surface area contributed by atoms with Crippen molar-refractivity contribution in [2.75, 3.05) is 6.61 Å². The van der Waals surface area contributed by atoms with Gasteiger partial charge in [0.25, 0.3) is 0 Å². The Hall–Kier alpha value is -3.42. The van der Waals surface area contributed by atoms with Gasteiger partial charge >= 0.3 is 0 Å². The van der Waals surface area contributed by atoms with E-state index in [9.17, 15) is 22.0 Å². The standard InChI is InChI=1S/C34H36F6O2/c1-3-5-7-8-23-13-15-25(31(37)29(23)35)21-9-11-22(12-10-21)26-16-18-28(34(40)32(26)38)42-20-24-14-17-27(33(39)30(24)36)41-19-6-4-2/h3,5,13-18,21-22H,4,6-12,19-20H2,1-2H3. The van der Waals surface area contributed by atoms with E-state index in [1.165, 1.54) is 24.3 Å². The Morgan fingerprint density at radius 1 is 0.667 bits per heavy atom. The van der Waals surface area contributed by atoms with Gasteiger partial charge < -0.3 is 9.47 Å². The predicted octanol–water partition coefficient (Wildman–Crippen LogP) is 10.2. The Kier molecular flexibility index (Phi) is 11.0. The molecule has 0 aromatic heterocycles. The summed E-state index contributed by atoms with van der Waals surface area (Å²) >= 11 is 0. The van der Waals surface area contributed by atoms with Crippen molar-refractivity contribution >= 4 is 0 Å². The summed E-state index contributed by atoms with van der Waals surface area (Å²) in [7, 11) is 0. The van der Waals surface area contributed by atoms with E-state index in [1.54, 1.807) is 12.1 Å². The van der Waals surface area contributed by atoms with Gasteiger partial charge in [0.15, 0.2) is 34.8 Å². The molecule has 0 atom stereocenters. The van der Waals surface area contributed by atoms with E-state index < -0.39 is 47.3 Å². The number of ether oxygens (including phenoxy) is 2. The molecular weight excluding hydrogens is 554 g/mol. The Bertz CT molecular complexity index is 1400. The monoisotopic (exact) mass is 590 g/mol. The van der Waals surface area contributed by atoms with Gasteiger partial charge in [-0.25, -0.2) is 17.6 Å². The van der Waals surface area contributed by atoms with Crippen LogP contribution in [0.2, 0.25) is 0 Å². The van der Waals surface area contributed by atoms with Crippen molar-refractivity contribution in [3.05, 3.63) is 106 Å². The van der Waals surface area contributed by atoms with Crippen LogP contribution in [0.15, 0.2) is 48.6 Å². The number of hydrogen-bond donors (Lipinski definition) is 0. The van der Waals surface area contributed by atoms with Gasteiger partial charge in [0.2, 0.25) is 11.6 Å². The number of benzene rings is 3. The molecule has 3 aromatic rings. The maximum atomic E-state index is 15.1. The van der Waals surface area contributed by atoms with Gasteiger partial charge in [0.1, 0.15) is 6.61 Å². The molecule has 0 N–H and O–H groups in total. The molecule has 0 aliphatic heterocycles. The average molecular weight is 591 g/mol. The number of rotatable bonds is 12. The van der Waals surface area contributed by atoms with Crippen molar-refractivity contribution in [2.24, 2.45) is 0 Å². The van der Waals surface area contributed by atoms with Crippen LogP contribution in [-0.2, 0) is 13.0 Å². The highest BCUT2D eigenvalue weighted by molar-refractivity contribution is 5.36. The van der Waals surface area contributed by atoms with Crippen LogP contribution in [0.5, 0.6) is 11.5 Å². The molecule has 42 heavy (non-hydrogen) atoms. The third-order valence-corrected chi connectivity index (χ3v) is 7.96.